The molecule has 0 aliphatic carbocycles. The SMILES string of the molecule is CCCc1nc(O)c(I)c(=O)[nH]1. The third-order valence-electron chi connectivity index (χ3n) is 1.38. The molecule has 0 saturated carbocycles. The van der Waals surface area contributed by atoms with Gasteiger partial charge in [-0.05, 0) is 29.0 Å². The van der Waals surface area contributed by atoms with Crippen LogP contribution in [0.15, 0.2) is 4.79 Å². The predicted molar refractivity (Wildman–Crippen MR) is 53.2 cm³/mol. The summed E-state index contributed by atoms with van der Waals surface area (Å²) in [4.78, 5) is 17.5. The van der Waals surface area contributed by atoms with Crippen molar-refractivity contribution in [3.05, 3.63) is 19.7 Å². The van der Waals surface area contributed by atoms with Crippen LogP contribution in [-0.2, 0) is 6.42 Å². The second kappa shape index (κ2) is 3.88. The van der Waals surface area contributed by atoms with Crippen LogP contribution in [0.5, 0.6) is 5.88 Å². The van der Waals surface area contributed by atoms with Gasteiger partial charge in [0.15, 0.2) is 0 Å². The average Bonchev–Trinajstić information content (AvgIpc) is 2.01. The van der Waals surface area contributed by atoms with Gasteiger partial charge in [0.1, 0.15) is 9.39 Å². The number of nitrogens with zero attached hydrogens (tertiary/aromatic N) is 1. The highest BCUT2D eigenvalue weighted by molar-refractivity contribution is 14.1. The summed E-state index contributed by atoms with van der Waals surface area (Å²) in [6.45, 7) is 1.98. The van der Waals surface area contributed by atoms with E-state index in [-0.39, 0.29) is 15.0 Å². The van der Waals surface area contributed by atoms with Crippen LogP contribution in [0.4, 0.5) is 0 Å². The molecule has 4 nitrogen and oxygen atoms in total. The summed E-state index contributed by atoms with van der Waals surface area (Å²) in [5, 5.41) is 9.17. The summed E-state index contributed by atoms with van der Waals surface area (Å²) in [7, 11) is 0. The Hall–Kier alpha value is -0.590. The van der Waals surface area contributed by atoms with Crippen molar-refractivity contribution in [2.45, 2.75) is 19.8 Å². The zero-order valence-corrected chi connectivity index (χ0v) is 8.75. The van der Waals surface area contributed by atoms with Crippen LogP contribution in [0, 0.1) is 3.57 Å². The number of rotatable bonds is 2. The largest absolute Gasteiger partial charge is 0.492 e. The maximum atomic E-state index is 11.1. The van der Waals surface area contributed by atoms with E-state index in [1.165, 1.54) is 0 Å². The summed E-state index contributed by atoms with van der Waals surface area (Å²) in [5.41, 5.74) is -0.272. The van der Waals surface area contributed by atoms with Gasteiger partial charge in [-0.15, -0.1) is 0 Å². The third kappa shape index (κ3) is 1.96. The number of hydrogen-bond donors (Lipinski definition) is 2. The van der Waals surface area contributed by atoms with Crippen LogP contribution in [0.1, 0.15) is 19.2 Å². The summed E-state index contributed by atoms with van der Waals surface area (Å²) >= 11 is 1.76. The maximum absolute atomic E-state index is 11.1. The maximum Gasteiger partial charge on any atom is 0.268 e. The monoisotopic (exact) mass is 280 g/mol. The molecule has 66 valence electrons. The first-order chi connectivity index (χ1) is 5.65. The van der Waals surface area contributed by atoms with Crippen molar-refractivity contribution in [3.63, 3.8) is 0 Å². The average molecular weight is 280 g/mol. The van der Waals surface area contributed by atoms with E-state index in [0.29, 0.717) is 12.2 Å². The molecule has 0 spiro atoms. The third-order valence-corrected chi connectivity index (χ3v) is 2.35. The van der Waals surface area contributed by atoms with Crippen molar-refractivity contribution in [1.82, 2.24) is 9.97 Å². The molecular formula is C7H9IN2O2. The lowest BCUT2D eigenvalue weighted by Gasteiger charge is -1.99. The van der Waals surface area contributed by atoms with E-state index >= 15 is 0 Å². The van der Waals surface area contributed by atoms with E-state index in [1.807, 2.05) is 6.92 Å². The van der Waals surface area contributed by atoms with Crippen LogP contribution in [0.2, 0.25) is 0 Å². The molecule has 1 heterocycles. The number of aromatic nitrogens is 2. The highest BCUT2D eigenvalue weighted by Gasteiger charge is 2.05. The molecule has 0 fully saturated rings. The van der Waals surface area contributed by atoms with Crippen LogP contribution in [0.3, 0.4) is 0 Å². The van der Waals surface area contributed by atoms with Crippen molar-refractivity contribution < 1.29 is 5.11 Å². The first-order valence-electron chi connectivity index (χ1n) is 3.62. The van der Waals surface area contributed by atoms with Gasteiger partial charge in [0.25, 0.3) is 5.56 Å². The van der Waals surface area contributed by atoms with Gasteiger partial charge in [0, 0.05) is 6.42 Å². The molecule has 12 heavy (non-hydrogen) atoms. The fourth-order valence-corrected chi connectivity index (χ4v) is 1.10. The van der Waals surface area contributed by atoms with Gasteiger partial charge in [0.05, 0.1) is 0 Å². The van der Waals surface area contributed by atoms with Gasteiger partial charge in [0.2, 0.25) is 5.88 Å². The molecule has 0 amide bonds. The second-order valence-electron chi connectivity index (χ2n) is 2.40. The van der Waals surface area contributed by atoms with Crippen LogP contribution < -0.4 is 5.56 Å². The van der Waals surface area contributed by atoms with Gasteiger partial charge in [-0.25, -0.2) is 0 Å². The van der Waals surface area contributed by atoms with E-state index in [9.17, 15) is 4.79 Å². The predicted octanol–water partition coefficient (Wildman–Crippen LogP) is 1.03. The van der Waals surface area contributed by atoms with Crippen molar-refractivity contribution >= 4 is 22.6 Å². The van der Waals surface area contributed by atoms with E-state index < -0.39 is 0 Å². The van der Waals surface area contributed by atoms with Crippen LogP contribution >= 0.6 is 22.6 Å². The molecule has 5 heteroatoms. The Labute approximate surface area is 83.2 Å². The number of aryl methyl sites for hydroxylation is 1. The van der Waals surface area contributed by atoms with Crippen molar-refractivity contribution in [2.24, 2.45) is 0 Å². The number of aromatic hydroxyl groups is 1. The molecular weight excluding hydrogens is 271 g/mol. The Bertz CT molecular complexity index is 335. The smallest absolute Gasteiger partial charge is 0.268 e. The zero-order chi connectivity index (χ0) is 9.14. The normalized spacial score (nSPS) is 10.2. The van der Waals surface area contributed by atoms with Gasteiger partial charge in [-0.3, -0.25) is 4.79 Å². The molecule has 0 radical (unpaired) electrons. The number of nitrogens with one attached hydrogen (secondary N) is 1. The van der Waals surface area contributed by atoms with E-state index in [1.54, 1.807) is 22.6 Å². The first-order valence-corrected chi connectivity index (χ1v) is 4.70. The summed E-state index contributed by atoms with van der Waals surface area (Å²) in [5.74, 6) is 0.364. The van der Waals surface area contributed by atoms with Crippen molar-refractivity contribution in [1.29, 1.82) is 0 Å². The van der Waals surface area contributed by atoms with Crippen LogP contribution in [-0.4, -0.2) is 15.1 Å². The molecule has 1 aromatic rings. The highest BCUT2D eigenvalue weighted by atomic mass is 127. The Morgan fingerprint density at radius 2 is 2.33 bits per heavy atom. The number of H-pyrrole nitrogens is 1. The molecule has 2 N–H and O–H groups in total. The van der Waals surface area contributed by atoms with Gasteiger partial charge in [-0.1, -0.05) is 6.92 Å². The van der Waals surface area contributed by atoms with Gasteiger partial charge < -0.3 is 10.1 Å². The number of hydrogen-bond acceptors (Lipinski definition) is 3. The zero-order valence-electron chi connectivity index (χ0n) is 6.59. The molecule has 0 atom stereocenters. The van der Waals surface area contributed by atoms with E-state index in [0.717, 1.165) is 6.42 Å². The minimum Gasteiger partial charge on any atom is -0.492 e. The topological polar surface area (TPSA) is 66.0 Å². The summed E-state index contributed by atoms with van der Waals surface area (Å²) in [6.07, 6.45) is 1.57. The van der Waals surface area contributed by atoms with Crippen LogP contribution in [0.25, 0.3) is 0 Å². The van der Waals surface area contributed by atoms with Gasteiger partial charge >= 0.3 is 0 Å². The quantitative estimate of drug-likeness (QED) is 0.795. The Balaban J connectivity index is 3.13. The van der Waals surface area contributed by atoms with Crippen molar-refractivity contribution in [2.75, 3.05) is 0 Å². The van der Waals surface area contributed by atoms with E-state index in [4.69, 9.17) is 5.11 Å². The lowest BCUT2D eigenvalue weighted by molar-refractivity contribution is 0.442. The lowest BCUT2D eigenvalue weighted by atomic mass is 10.3. The summed E-state index contributed by atoms with van der Waals surface area (Å²) in [6, 6.07) is 0. The molecule has 1 rings (SSSR count). The molecule has 0 aliphatic rings. The van der Waals surface area contributed by atoms with E-state index in [2.05, 4.69) is 9.97 Å². The molecule has 0 unspecified atom stereocenters. The first kappa shape index (κ1) is 9.50. The Morgan fingerprint density at radius 1 is 1.67 bits per heavy atom. The highest BCUT2D eigenvalue weighted by Crippen LogP contribution is 2.10. The standard InChI is InChI=1S/C7H9IN2O2/c1-2-3-4-9-6(11)5(8)7(12)10-4/h2-3H2,1H3,(H2,9,10,11,12). The molecule has 0 aromatic carbocycles. The molecule has 0 bridgehead atoms. The Morgan fingerprint density at radius 3 is 2.83 bits per heavy atom. The minimum atomic E-state index is -0.272. The van der Waals surface area contributed by atoms with Gasteiger partial charge in [-0.2, -0.15) is 4.98 Å². The molecule has 0 aliphatic heterocycles. The Kier molecular flexibility index (Phi) is 3.07. The molecule has 1 aromatic heterocycles. The lowest BCUT2D eigenvalue weighted by Crippen LogP contribution is -2.14. The fraction of sp³-hybridized carbons (Fsp3) is 0.429. The number of aromatic amines is 1. The number of halogens is 1. The molecule has 0 saturated heterocycles. The second-order valence-corrected chi connectivity index (χ2v) is 3.48. The fourth-order valence-electron chi connectivity index (χ4n) is 0.848. The minimum absolute atomic E-state index is 0.178. The summed E-state index contributed by atoms with van der Waals surface area (Å²) < 4.78 is 0.243. The van der Waals surface area contributed by atoms with Crippen molar-refractivity contribution in [3.8, 4) is 5.88 Å².